The third-order valence-electron chi connectivity index (χ3n) is 6.14. The molecule has 0 aromatic heterocycles. The Hall–Kier alpha value is -3.01. The summed E-state index contributed by atoms with van der Waals surface area (Å²) in [7, 11) is 0. The molecule has 2 saturated heterocycles. The summed E-state index contributed by atoms with van der Waals surface area (Å²) in [5.41, 5.74) is 1.26. The van der Waals surface area contributed by atoms with E-state index in [1.807, 2.05) is 30.3 Å². The Morgan fingerprint density at radius 2 is 1.67 bits per heavy atom. The molecule has 4 rings (SSSR count). The van der Waals surface area contributed by atoms with E-state index in [0.717, 1.165) is 11.8 Å². The summed E-state index contributed by atoms with van der Waals surface area (Å²) in [6.45, 7) is 2.47. The van der Waals surface area contributed by atoms with Gasteiger partial charge in [-0.15, -0.1) is 0 Å². The Balaban J connectivity index is 1.26. The van der Waals surface area contributed by atoms with E-state index in [2.05, 4.69) is 10.2 Å². The number of halogens is 1. The number of carbonyl (C=O) groups is 2. The highest BCUT2D eigenvalue weighted by atomic mass is 19.1. The topological polar surface area (TPSA) is 102 Å². The number of rotatable bonds is 6. The zero-order chi connectivity index (χ0) is 23.4. The lowest BCUT2D eigenvalue weighted by atomic mass is 10.0. The molecule has 0 unspecified atom stereocenters. The van der Waals surface area contributed by atoms with Crippen LogP contribution in [-0.2, 0) is 9.53 Å². The maximum atomic E-state index is 13.3. The molecule has 176 valence electrons. The summed E-state index contributed by atoms with van der Waals surface area (Å²) in [4.78, 5) is 28.9. The molecular weight excluding hydrogens is 429 g/mol. The molecule has 0 bridgehead atoms. The summed E-state index contributed by atoms with van der Waals surface area (Å²) in [6.07, 6.45) is -4.28. The monoisotopic (exact) mass is 457 g/mol. The molecule has 9 heteroatoms. The zero-order valence-corrected chi connectivity index (χ0v) is 18.1. The van der Waals surface area contributed by atoms with E-state index in [1.165, 1.54) is 18.2 Å². The molecule has 2 heterocycles. The van der Waals surface area contributed by atoms with Crippen molar-refractivity contribution in [1.29, 1.82) is 0 Å². The first-order valence-electron chi connectivity index (χ1n) is 11.1. The van der Waals surface area contributed by atoms with Gasteiger partial charge in [-0.1, -0.05) is 24.3 Å². The minimum Gasteiger partial charge on any atom is -0.388 e. The molecular formula is C24H28FN3O5. The minimum atomic E-state index is -1.24. The average Bonchev–Trinajstić information content (AvgIpc) is 3.11. The Labute approximate surface area is 191 Å². The molecule has 3 N–H and O–H groups in total. The number of nitrogens with zero attached hydrogens (tertiary/aromatic N) is 2. The predicted octanol–water partition coefficient (Wildman–Crippen LogP) is 0.784. The maximum Gasteiger partial charge on any atom is 0.251 e. The third kappa shape index (κ3) is 5.50. The predicted molar refractivity (Wildman–Crippen MR) is 119 cm³/mol. The first kappa shape index (κ1) is 23.2. The van der Waals surface area contributed by atoms with Gasteiger partial charge in [0.25, 0.3) is 5.91 Å². The highest BCUT2D eigenvalue weighted by Crippen LogP contribution is 2.25. The third-order valence-corrected chi connectivity index (χ3v) is 6.14. The largest absolute Gasteiger partial charge is 0.388 e. The quantitative estimate of drug-likeness (QED) is 0.593. The van der Waals surface area contributed by atoms with E-state index in [9.17, 15) is 24.2 Å². The standard InChI is InChI=1S/C24H28FN3O5/c25-17-6-4-5-16(13-17)24(32)26-15-20-23(31)22(30)19(33-20)14-21(29)28-11-9-27(10-12-28)18-7-2-1-3-8-18/h1-8,13,19-20,22-23,30-31H,9-12,14-15H2,(H,26,32)/t19-,20-,22-,23-/m1/s1. The van der Waals surface area contributed by atoms with E-state index in [0.29, 0.717) is 26.2 Å². The number of ether oxygens (including phenoxy) is 1. The van der Waals surface area contributed by atoms with Crippen molar-refractivity contribution < 1.29 is 28.9 Å². The van der Waals surface area contributed by atoms with E-state index in [4.69, 9.17) is 4.74 Å². The van der Waals surface area contributed by atoms with Gasteiger partial charge in [0, 0.05) is 44.0 Å². The van der Waals surface area contributed by atoms with Gasteiger partial charge in [-0.3, -0.25) is 9.59 Å². The van der Waals surface area contributed by atoms with Crippen molar-refractivity contribution in [3.63, 3.8) is 0 Å². The smallest absolute Gasteiger partial charge is 0.251 e. The number of hydrogen-bond acceptors (Lipinski definition) is 6. The minimum absolute atomic E-state index is 0.0576. The van der Waals surface area contributed by atoms with Gasteiger partial charge in [-0.25, -0.2) is 4.39 Å². The molecule has 33 heavy (non-hydrogen) atoms. The molecule has 2 aliphatic rings. The maximum absolute atomic E-state index is 13.3. The van der Waals surface area contributed by atoms with Crippen LogP contribution >= 0.6 is 0 Å². The molecule has 2 fully saturated rings. The summed E-state index contributed by atoms with van der Waals surface area (Å²) in [5.74, 6) is -1.20. The van der Waals surface area contributed by atoms with Crippen molar-refractivity contribution >= 4 is 17.5 Å². The fraction of sp³-hybridized carbons (Fsp3) is 0.417. The fourth-order valence-corrected chi connectivity index (χ4v) is 4.24. The van der Waals surface area contributed by atoms with Crippen molar-refractivity contribution in [1.82, 2.24) is 10.2 Å². The molecule has 0 radical (unpaired) electrons. The van der Waals surface area contributed by atoms with Gasteiger partial charge < -0.3 is 30.1 Å². The van der Waals surface area contributed by atoms with Gasteiger partial charge in [-0.05, 0) is 30.3 Å². The second-order valence-corrected chi connectivity index (χ2v) is 8.32. The van der Waals surface area contributed by atoms with Crippen molar-refractivity contribution in [3.8, 4) is 0 Å². The molecule has 4 atom stereocenters. The number of amides is 2. The first-order valence-corrected chi connectivity index (χ1v) is 11.1. The Bertz CT molecular complexity index is 968. The molecule has 8 nitrogen and oxygen atoms in total. The van der Waals surface area contributed by atoms with Crippen LogP contribution in [0, 0.1) is 5.82 Å². The normalized spacial score (nSPS) is 25.2. The number of nitrogens with one attached hydrogen (secondary N) is 1. The summed E-state index contributed by atoms with van der Waals surface area (Å²) in [5, 5.41) is 23.3. The van der Waals surface area contributed by atoms with Gasteiger partial charge in [0.05, 0.1) is 12.5 Å². The second kappa shape index (κ2) is 10.3. The molecule has 0 spiro atoms. The second-order valence-electron chi connectivity index (χ2n) is 8.32. The van der Waals surface area contributed by atoms with Crippen LogP contribution in [0.2, 0.25) is 0 Å². The van der Waals surface area contributed by atoms with Crippen molar-refractivity contribution in [2.75, 3.05) is 37.6 Å². The number of para-hydroxylation sites is 1. The van der Waals surface area contributed by atoms with E-state index < -0.39 is 36.1 Å². The lowest BCUT2D eigenvalue weighted by molar-refractivity contribution is -0.135. The van der Waals surface area contributed by atoms with Gasteiger partial charge in [0.15, 0.2) is 0 Å². The van der Waals surface area contributed by atoms with Crippen molar-refractivity contribution in [2.45, 2.75) is 30.8 Å². The fourth-order valence-electron chi connectivity index (χ4n) is 4.24. The van der Waals surface area contributed by atoms with Crippen LogP contribution in [0.3, 0.4) is 0 Å². The van der Waals surface area contributed by atoms with Crippen LogP contribution in [0.15, 0.2) is 54.6 Å². The summed E-state index contributed by atoms with van der Waals surface area (Å²) < 4.78 is 19.0. The van der Waals surface area contributed by atoms with Crippen LogP contribution in [0.5, 0.6) is 0 Å². The van der Waals surface area contributed by atoms with E-state index in [-0.39, 0.29) is 24.4 Å². The lowest BCUT2D eigenvalue weighted by Crippen LogP contribution is -2.49. The molecule has 2 aliphatic heterocycles. The van der Waals surface area contributed by atoms with Crippen LogP contribution in [0.4, 0.5) is 10.1 Å². The van der Waals surface area contributed by atoms with Crippen LogP contribution in [0.25, 0.3) is 0 Å². The number of benzene rings is 2. The first-order chi connectivity index (χ1) is 15.9. The molecule has 2 aromatic carbocycles. The van der Waals surface area contributed by atoms with Gasteiger partial charge in [0.1, 0.15) is 24.1 Å². The van der Waals surface area contributed by atoms with Crippen LogP contribution in [-0.4, -0.2) is 84.1 Å². The lowest BCUT2D eigenvalue weighted by Gasteiger charge is -2.36. The summed E-state index contributed by atoms with van der Waals surface area (Å²) >= 11 is 0. The van der Waals surface area contributed by atoms with Gasteiger partial charge >= 0.3 is 0 Å². The average molecular weight is 458 g/mol. The Morgan fingerprint density at radius 1 is 0.970 bits per heavy atom. The number of hydrogen-bond donors (Lipinski definition) is 3. The SMILES string of the molecule is O=C(NC[C@H]1O[C@H](CC(=O)N2CCN(c3ccccc3)CC2)[C@@H](O)[C@@H]1O)c1cccc(F)c1. The Kier molecular flexibility index (Phi) is 7.22. The zero-order valence-electron chi connectivity index (χ0n) is 18.1. The highest BCUT2D eigenvalue weighted by molar-refractivity contribution is 5.94. The highest BCUT2D eigenvalue weighted by Gasteiger charge is 2.44. The van der Waals surface area contributed by atoms with E-state index in [1.54, 1.807) is 4.90 Å². The molecule has 0 aliphatic carbocycles. The van der Waals surface area contributed by atoms with E-state index >= 15 is 0 Å². The number of aliphatic hydroxyl groups excluding tert-OH is 2. The Morgan fingerprint density at radius 3 is 2.36 bits per heavy atom. The van der Waals surface area contributed by atoms with Gasteiger partial charge in [-0.2, -0.15) is 0 Å². The van der Waals surface area contributed by atoms with Crippen molar-refractivity contribution in [2.24, 2.45) is 0 Å². The number of piperazine rings is 1. The van der Waals surface area contributed by atoms with Crippen LogP contribution in [0.1, 0.15) is 16.8 Å². The number of anilines is 1. The number of carbonyl (C=O) groups excluding carboxylic acids is 2. The van der Waals surface area contributed by atoms with Crippen molar-refractivity contribution in [3.05, 3.63) is 66.0 Å². The summed E-state index contributed by atoms with van der Waals surface area (Å²) in [6, 6.07) is 15.2. The van der Waals surface area contributed by atoms with Crippen LogP contribution < -0.4 is 10.2 Å². The molecule has 2 amide bonds. The van der Waals surface area contributed by atoms with Gasteiger partial charge in [0.2, 0.25) is 5.91 Å². The molecule has 2 aromatic rings. The molecule has 0 saturated carbocycles. The number of aliphatic hydroxyl groups is 2.